The van der Waals surface area contributed by atoms with Gasteiger partial charge in [-0.15, -0.1) is 11.3 Å². The molecule has 3 aromatic rings. The van der Waals surface area contributed by atoms with Gasteiger partial charge in [0.05, 0.1) is 13.7 Å². The van der Waals surface area contributed by atoms with E-state index >= 15 is 0 Å². The largest absolute Gasteiger partial charge is 0.504 e. The highest BCUT2D eigenvalue weighted by atomic mass is 35.5. The van der Waals surface area contributed by atoms with Crippen molar-refractivity contribution in [3.8, 4) is 28.7 Å². The number of nitrogens with one attached hydrogen (secondary N) is 1. The molecule has 9 heteroatoms. The number of aromatic hydroxyl groups is 1. The highest BCUT2D eigenvalue weighted by Gasteiger charge is 2.24. The number of hydrogen-bond donors (Lipinski definition) is 2. The van der Waals surface area contributed by atoms with E-state index in [9.17, 15) is 20.0 Å². The van der Waals surface area contributed by atoms with Crippen molar-refractivity contribution >= 4 is 45.9 Å². The van der Waals surface area contributed by atoms with E-state index < -0.39 is 11.9 Å². The number of ether oxygens (including phenoxy) is 2. The van der Waals surface area contributed by atoms with Crippen LogP contribution in [0.25, 0.3) is 17.2 Å². The molecule has 0 saturated carbocycles. The summed E-state index contributed by atoms with van der Waals surface area (Å²) >= 11 is 7.11. The maximum atomic E-state index is 12.8. The number of esters is 1. The van der Waals surface area contributed by atoms with Crippen molar-refractivity contribution < 1.29 is 24.2 Å². The smallest absolute Gasteiger partial charge is 0.341 e. The Morgan fingerprint density at radius 2 is 1.97 bits per heavy atom. The second-order valence-electron chi connectivity index (χ2n) is 6.64. The lowest BCUT2D eigenvalue weighted by Crippen LogP contribution is -2.16. The van der Waals surface area contributed by atoms with E-state index in [4.69, 9.17) is 21.1 Å². The van der Waals surface area contributed by atoms with Gasteiger partial charge in [0.15, 0.2) is 11.5 Å². The predicted molar refractivity (Wildman–Crippen MR) is 128 cm³/mol. The molecule has 0 bridgehead atoms. The molecule has 0 fully saturated rings. The molecule has 7 nitrogen and oxygen atoms in total. The summed E-state index contributed by atoms with van der Waals surface area (Å²) in [5.74, 6) is -1.15. The van der Waals surface area contributed by atoms with Gasteiger partial charge >= 0.3 is 5.97 Å². The summed E-state index contributed by atoms with van der Waals surface area (Å²) in [4.78, 5) is 25.5. The van der Waals surface area contributed by atoms with Crippen molar-refractivity contribution in [3.63, 3.8) is 0 Å². The predicted octanol–water partition coefficient (Wildman–Crippen LogP) is 5.51. The van der Waals surface area contributed by atoms with Crippen LogP contribution in [-0.2, 0) is 9.53 Å². The maximum Gasteiger partial charge on any atom is 0.341 e. The van der Waals surface area contributed by atoms with Crippen molar-refractivity contribution in [3.05, 3.63) is 69.6 Å². The van der Waals surface area contributed by atoms with Crippen LogP contribution in [0.3, 0.4) is 0 Å². The van der Waals surface area contributed by atoms with Gasteiger partial charge in [0.2, 0.25) is 0 Å². The summed E-state index contributed by atoms with van der Waals surface area (Å²) in [5.41, 5.74) is 1.79. The van der Waals surface area contributed by atoms with Crippen LogP contribution < -0.4 is 10.1 Å². The van der Waals surface area contributed by atoms with Crippen LogP contribution in [0.15, 0.2) is 53.4 Å². The second kappa shape index (κ2) is 10.7. The number of phenolic OH excluding ortho intramolecular Hbond substituents is 1. The third-order valence-electron chi connectivity index (χ3n) is 4.53. The fraction of sp³-hybridized carbons (Fsp3) is 0.125. The van der Waals surface area contributed by atoms with Crippen LogP contribution >= 0.6 is 22.9 Å². The van der Waals surface area contributed by atoms with Gasteiger partial charge in [0, 0.05) is 16.0 Å². The molecule has 0 unspecified atom stereocenters. The van der Waals surface area contributed by atoms with Gasteiger partial charge < -0.3 is 19.9 Å². The number of halogens is 1. The molecule has 0 atom stereocenters. The molecule has 3 rings (SSSR count). The zero-order chi connectivity index (χ0) is 24.0. The summed E-state index contributed by atoms with van der Waals surface area (Å²) < 4.78 is 10.2. The third kappa shape index (κ3) is 5.52. The van der Waals surface area contributed by atoms with Crippen molar-refractivity contribution in [2.45, 2.75) is 6.92 Å². The number of benzene rings is 2. The number of amides is 1. The van der Waals surface area contributed by atoms with Crippen molar-refractivity contribution in [1.82, 2.24) is 0 Å². The van der Waals surface area contributed by atoms with Gasteiger partial charge in [0.1, 0.15) is 22.2 Å². The van der Waals surface area contributed by atoms with E-state index in [0.717, 1.165) is 16.9 Å². The Morgan fingerprint density at radius 1 is 1.24 bits per heavy atom. The minimum atomic E-state index is -0.695. The standard InChI is InChI=1S/C24H19ClN2O5S/c1-3-32-24(30)21-18(15-5-7-17(25)8-6-15)13-33-23(21)27-22(29)16(12-26)10-14-4-9-19(28)20(11-14)31-2/h4-11,13,28H,3H2,1-2H3,(H,27,29)/b16-10-. The quantitative estimate of drug-likeness (QED) is 0.261. The number of thiophene rings is 1. The number of carbonyl (C=O) groups is 2. The van der Waals surface area contributed by atoms with E-state index in [1.54, 1.807) is 36.6 Å². The van der Waals surface area contributed by atoms with Gasteiger partial charge in [-0.3, -0.25) is 4.79 Å². The van der Waals surface area contributed by atoms with E-state index in [0.29, 0.717) is 16.1 Å². The van der Waals surface area contributed by atoms with Crippen LogP contribution in [0, 0.1) is 11.3 Å². The first kappa shape index (κ1) is 23.9. The second-order valence-corrected chi connectivity index (χ2v) is 7.95. The minimum absolute atomic E-state index is 0.0648. The van der Waals surface area contributed by atoms with E-state index in [1.807, 2.05) is 6.07 Å². The Bertz CT molecular complexity index is 1260. The van der Waals surface area contributed by atoms with Gasteiger partial charge in [-0.2, -0.15) is 5.26 Å². The molecule has 33 heavy (non-hydrogen) atoms. The summed E-state index contributed by atoms with van der Waals surface area (Å²) in [5, 5.41) is 24.4. The van der Waals surface area contributed by atoms with Crippen LogP contribution in [0.1, 0.15) is 22.8 Å². The highest BCUT2D eigenvalue weighted by molar-refractivity contribution is 7.15. The molecule has 2 N–H and O–H groups in total. The molecular weight excluding hydrogens is 464 g/mol. The van der Waals surface area contributed by atoms with Gasteiger partial charge in [-0.1, -0.05) is 29.8 Å². The summed E-state index contributed by atoms with van der Waals surface area (Å²) in [6, 6.07) is 13.2. The monoisotopic (exact) mass is 482 g/mol. The number of hydrogen-bond acceptors (Lipinski definition) is 7. The Morgan fingerprint density at radius 3 is 2.61 bits per heavy atom. The SMILES string of the molecule is CCOC(=O)c1c(-c2ccc(Cl)cc2)csc1NC(=O)/C(C#N)=C\c1ccc(O)c(OC)c1. The molecule has 1 aromatic heterocycles. The lowest BCUT2D eigenvalue weighted by molar-refractivity contribution is -0.112. The number of carbonyl (C=O) groups excluding carboxylic acids is 2. The number of methoxy groups -OCH3 is 1. The lowest BCUT2D eigenvalue weighted by atomic mass is 10.0. The number of anilines is 1. The van der Waals surface area contributed by atoms with Crippen LogP contribution in [0.2, 0.25) is 5.02 Å². The highest BCUT2D eigenvalue weighted by Crippen LogP contribution is 2.37. The lowest BCUT2D eigenvalue weighted by Gasteiger charge is -2.09. The van der Waals surface area contributed by atoms with Crippen molar-refractivity contribution in [1.29, 1.82) is 5.26 Å². The van der Waals surface area contributed by atoms with Crippen LogP contribution in [0.4, 0.5) is 5.00 Å². The Balaban J connectivity index is 1.96. The Labute approximate surface area is 199 Å². The van der Waals surface area contributed by atoms with Gasteiger partial charge in [-0.25, -0.2) is 4.79 Å². The van der Waals surface area contributed by atoms with Gasteiger partial charge in [-0.05, 0) is 48.4 Å². The molecule has 1 amide bonds. The summed E-state index contributed by atoms with van der Waals surface area (Å²) in [6.07, 6.45) is 1.36. The van der Waals surface area contributed by atoms with Crippen LogP contribution in [-0.4, -0.2) is 30.7 Å². The summed E-state index contributed by atoms with van der Waals surface area (Å²) in [6.45, 7) is 1.85. The molecule has 2 aromatic carbocycles. The van der Waals surface area contributed by atoms with E-state index in [1.165, 1.54) is 31.4 Å². The maximum absolute atomic E-state index is 12.8. The minimum Gasteiger partial charge on any atom is -0.504 e. The first-order valence-corrected chi connectivity index (χ1v) is 11.0. The average molecular weight is 483 g/mol. The number of nitriles is 1. The molecular formula is C24H19ClN2O5S. The third-order valence-corrected chi connectivity index (χ3v) is 5.68. The van der Waals surface area contributed by atoms with E-state index in [-0.39, 0.29) is 34.2 Å². The number of phenols is 1. The Hall–Kier alpha value is -3.80. The normalized spacial score (nSPS) is 10.9. The molecule has 0 saturated heterocycles. The molecule has 0 aliphatic carbocycles. The van der Waals surface area contributed by atoms with Crippen molar-refractivity contribution in [2.24, 2.45) is 0 Å². The topological polar surface area (TPSA) is 109 Å². The van der Waals surface area contributed by atoms with E-state index in [2.05, 4.69) is 5.32 Å². The molecule has 168 valence electrons. The number of nitrogens with zero attached hydrogens (tertiary/aromatic N) is 1. The molecule has 0 aliphatic rings. The Kier molecular flexibility index (Phi) is 7.72. The molecule has 1 heterocycles. The zero-order valence-electron chi connectivity index (χ0n) is 17.7. The zero-order valence-corrected chi connectivity index (χ0v) is 19.3. The van der Waals surface area contributed by atoms with Crippen LogP contribution in [0.5, 0.6) is 11.5 Å². The fourth-order valence-corrected chi connectivity index (χ4v) is 4.05. The number of rotatable bonds is 7. The molecule has 0 radical (unpaired) electrons. The average Bonchev–Trinajstić information content (AvgIpc) is 3.22. The first-order chi connectivity index (χ1) is 15.9. The first-order valence-electron chi connectivity index (χ1n) is 9.72. The van der Waals surface area contributed by atoms with Crippen molar-refractivity contribution in [2.75, 3.05) is 19.0 Å². The molecule has 0 spiro atoms. The van der Waals surface area contributed by atoms with Gasteiger partial charge in [0.25, 0.3) is 5.91 Å². The fourth-order valence-electron chi connectivity index (χ4n) is 2.97. The summed E-state index contributed by atoms with van der Waals surface area (Å²) in [7, 11) is 1.40. The molecule has 0 aliphatic heterocycles.